The Hall–Kier alpha value is -4.78. The number of carbonyl (C=O) groups is 7. The standard InChI is InChI=1S/C16H29NO3.C14H25NO3.C12H24.C12H26.C11H23N3.C11H23NO2.C11H25N.C11H22O2.C11H24O.C9H18O2/c1-6-8-9-11(3)10-14(7-2)15(18)17-12(4)13(5)20-16(17)19;1-5-6-7-10(2)8-9-13(16)15-11(3)12(4)18-14(15)17;1-5-6-9-12(4)10-7-8-11(2)3;1-5-8-9-11(4)10-12(6-2)7-3;1-4-6-7-10(3)8-11(5-2)9-13-14-12;1-3-4-5-9(2)6-10(8-12)7-11(13)14;1-4-6-7-10(3)8-11(5-2)9-12;1-4-6-7-9(3)8-10(5-2)11(12)13;1-4-6-7-10(3)8-11(5-2)9-12;1-3-4-5-8(2)6-7-9(10)11/h11-14H,6-10H2,1-5H3;10-12H,5-9H2,1-4H3;8,12H,5-7,9-10H2,1-4H3;11-12H,5-10H2,1-4H3;10-11H,4-9H2,1-3H3;9-10H,3-8,12H2,1-2H3,(H,13,14);10-11H,4-9,12H2,1-3H3;9-10H,4-8H2,1-3H3,(H,12,13);10-12H,4-9H2,1-3H3;8H,3-7H2,1-2H3,(H,10,11)/t11-,12-,13+,14-;10-,11-,12+;12-;11-;10-,11-;9-,10+;10-,11-;9-,10-;10-,11-;8-/m1111111111/s1. The molecule has 824 valence electrons. The van der Waals surface area contributed by atoms with E-state index in [0.29, 0.717) is 74.0 Å². The van der Waals surface area contributed by atoms with E-state index in [0.717, 1.165) is 119 Å². The number of ether oxygens (including phenoxy) is 2. The predicted octanol–water partition coefficient (Wildman–Crippen LogP) is 35.7. The van der Waals surface area contributed by atoms with Crippen LogP contribution < -0.4 is 11.5 Å². The van der Waals surface area contributed by atoms with E-state index >= 15 is 0 Å². The number of aliphatic hydroxyl groups excluding tert-OH is 1. The maximum Gasteiger partial charge on any atom is 0.417 e. The number of hydrogen-bond donors (Lipinski definition) is 6. The zero-order valence-corrected chi connectivity index (χ0v) is 97.4. The summed E-state index contributed by atoms with van der Waals surface area (Å²) in [6, 6.07) is -0.300. The molecule has 20 heteroatoms. The lowest BCUT2D eigenvalue weighted by Crippen LogP contribution is -2.42. The van der Waals surface area contributed by atoms with Gasteiger partial charge in [0.2, 0.25) is 11.8 Å². The molecule has 20 atom stereocenters. The van der Waals surface area contributed by atoms with E-state index in [4.69, 9.17) is 46.9 Å². The van der Waals surface area contributed by atoms with Gasteiger partial charge >= 0.3 is 30.1 Å². The molecule has 138 heavy (non-hydrogen) atoms. The average molecular weight is 1960 g/mol. The van der Waals surface area contributed by atoms with Crippen molar-refractivity contribution < 1.29 is 63.5 Å². The molecule has 20 nitrogen and oxygen atoms in total. The highest BCUT2D eigenvalue weighted by Gasteiger charge is 2.43. The van der Waals surface area contributed by atoms with Crippen molar-refractivity contribution in [2.45, 2.75) is 580 Å². The number of carboxylic acids is 3. The Balaban J connectivity index is -0.000000228. The molecule has 0 spiro atoms. The molecular formula is C118H239N7O13. The van der Waals surface area contributed by atoms with E-state index in [2.05, 4.69) is 203 Å². The Bertz CT molecular complexity index is 2730. The van der Waals surface area contributed by atoms with Gasteiger partial charge in [0.05, 0.1) is 18.0 Å². The third-order valence-corrected chi connectivity index (χ3v) is 28.5. The third-order valence-electron chi connectivity index (χ3n) is 28.5. The van der Waals surface area contributed by atoms with Gasteiger partial charge in [-0.25, -0.2) is 19.4 Å². The van der Waals surface area contributed by atoms with Gasteiger partial charge in [0.25, 0.3) is 0 Å². The fourth-order valence-corrected chi connectivity index (χ4v) is 17.7. The molecule has 2 rings (SSSR count). The highest BCUT2D eigenvalue weighted by atomic mass is 16.6. The minimum atomic E-state index is -0.733. The van der Waals surface area contributed by atoms with E-state index in [1.165, 1.54) is 253 Å². The highest BCUT2D eigenvalue weighted by Crippen LogP contribution is 2.31. The van der Waals surface area contributed by atoms with Gasteiger partial charge in [0, 0.05) is 43.2 Å². The summed E-state index contributed by atoms with van der Waals surface area (Å²) in [5.74, 6) is 7.73. The minimum absolute atomic E-state index is 0.0577. The quantitative estimate of drug-likeness (QED) is 0.0143. The molecule has 2 saturated heterocycles. The first-order chi connectivity index (χ1) is 65.4. The van der Waals surface area contributed by atoms with Crippen LogP contribution in [0.4, 0.5) is 9.59 Å². The third kappa shape index (κ3) is 92.4. The predicted molar refractivity (Wildman–Crippen MR) is 594 cm³/mol. The van der Waals surface area contributed by atoms with Crippen molar-refractivity contribution in [3.05, 3.63) is 22.1 Å². The smallest absolute Gasteiger partial charge is 0.417 e. The molecule has 8 N–H and O–H groups in total. The molecule has 0 saturated carbocycles. The van der Waals surface area contributed by atoms with Gasteiger partial charge < -0.3 is 41.4 Å². The zero-order valence-electron chi connectivity index (χ0n) is 97.4. The molecule has 0 unspecified atom stereocenters. The first-order valence-electron chi connectivity index (χ1n) is 57.8. The molecule has 2 aliphatic rings. The van der Waals surface area contributed by atoms with Crippen LogP contribution in [-0.2, 0) is 33.4 Å². The number of unbranched alkanes of at least 4 members (excludes halogenated alkanes) is 10. The number of aliphatic hydroxyl groups is 1. The molecule has 0 aliphatic carbocycles. The molecule has 2 fully saturated rings. The van der Waals surface area contributed by atoms with E-state index in [-0.39, 0.29) is 60.3 Å². The number of carbonyl (C=O) groups excluding carboxylic acids is 4. The second kappa shape index (κ2) is 104. The fraction of sp³-hybridized carbons (Fsp3) is 0.924. The Kier molecular flexibility index (Phi) is 112. The van der Waals surface area contributed by atoms with Crippen LogP contribution in [-0.4, -0.2) is 123 Å². The molecule has 2 aliphatic heterocycles. The maximum atomic E-state index is 12.6. The topological polar surface area (TPSA) is 326 Å². The Morgan fingerprint density at radius 1 is 0.377 bits per heavy atom. The summed E-state index contributed by atoms with van der Waals surface area (Å²) < 4.78 is 10.2. The molecule has 0 aromatic carbocycles. The van der Waals surface area contributed by atoms with Gasteiger partial charge in [0.1, 0.15) is 12.2 Å². The number of aliphatic carboxylic acids is 3. The van der Waals surface area contributed by atoms with Crippen LogP contribution in [0.1, 0.15) is 556 Å². The Morgan fingerprint density at radius 3 is 0.942 bits per heavy atom. The van der Waals surface area contributed by atoms with Gasteiger partial charge in [-0.05, 0) is 232 Å². The van der Waals surface area contributed by atoms with Crippen molar-refractivity contribution >= 4 is 41.9 Å². The number of azide groups is 1. The van der Waals surface area contributed by atoms with E-state index in [9.17, 15) is 33.6 Å². The van der Waals surface area contributed by atoms with Gasteiger partial charge in [-0.15, -0.1) is 0 Å². The van der Waals surface area contributed by atoms with Crippen LogP contribution in [0, 0.1) is 101 Å². The van der Waals surface area contributed by atoms with Gasteiger partial charge in [0.15, 0.2) is 0 Å². The lowest BCUT2D eigenvalue weighted by atomic mass is 9.89. The summed E-state index contributed by atoms with van der Waals surface area (Å²) in [5, 5.41) is 38.5. The SMILES string of the molecule is CCCC[C@@H](C)CC(CC)CC.CCCC[C@@H](C)CCC(=O)N1C(=O)O[C@@H](C)[C@H]1C.CCCC[C@@H](C)CCC(=O)O.CCCC[C@@H](C)CCC=C(C)C.CCCC[C@@H](C)C[C@@H](CC)C(=O)N1C(=O)O[C@@H](C)[C@H]1C.CCCC[C@@H](C)C[C@@H](CC)C(=O)O.CCCC[C@@H](C)C[C@@H](CC)CN.CCCC[C@@H](C)C[C@@H](CC)CN=[N+]=[N-].CCCC[C@@H](C)C[C@@H](CC)CO.CCCC[C@@H](C)C[C@H](CN)CC(=O)O. The number of allylic oxidation sites excluding steroid dienone is 2. The van der Waals surface area contributed by atoms with Crippen molar-refractivity contribution in [3.63, 3.8) is 0 Å². The van der Waals surface area contributed by atoms with Gasteiger partial charge in [-0.2, -0.15) is 0 Å². The monoisotopic (exact) mass is 1960 g/mol. The average Bonchev–Trinajstić information content (AvgIpc) is 1.68. The van der Waals surface area contributed by atoms with Crippen LogP contribution in [0.25, 0.3) is 10.4 Å². The van der Waals surface area contributed by atoms with Crippen molar-refractivity contribution in [1.82, 2.24) is 9.80 Å². The Labute approximate surface area is 856 Å². The summed E-state index contributed by atoms with van der Waals surface area (Å²) in [4.78, 5) is 84.8. The van der Waals surface area contributed by atoms with E-state index < -0.39 is 30.1 Å². The summed E-state index contributed by atoms with van der Waals surface area (Å²) in [6.45, 7) is 74.0. The van der Waals surface area contributed by atoms with E-state index in [1.54, 1.807) is 0 Å². The van der Waals surface area contributed by atoms with Crippen molar-refractivity contribution in [2.75, 3.05) is 26.2 Å². The molecule has 0 radical (unpaired) electrons. The number of carboxylic acid groups (broad SMARTS) is 3. The molecule has 0 bridgehead atoms. The summed E-state index contributed by atoms with van der Waals surface area (Å²) >= 11 is 0. The van der Waals surface area contributed by atoms with Crippen LogP contribution in [0.5, 0.6) is 0 Å². The summed E-state index contributed by atoms with van der Waals surface area (Å²) in [7, 11) is 0. The van der Waals surface area contributed by atoms with Crippen molar-refractivity contribution in [1.29, 1.82) is 0 Å². The first kappa shape index (κ1) is 149. The second-order valence-corrected chi connectivity index (χ2v) is 43.2. The van der Waals surface area contributed by atoms with Crippen molar-refractivity contribution in [3.8, 4) is 0 Å². The lowest BCUT2D eigenvalue weighted by Gasteiger charge is -2.25. The van der Waals surface area contributed by atoms with Gasteiger partial charge in [-0.3, -0.25) is 24.0 Å². The number of amides is 4. The number of imide groups is 2. The zero-order chi connectivity index (χ0) is 107. The number of nitrogens with zero attached hydrogens (tertiary/aromatic N) is 5. The van der Waals surface area contributed by atoms with Crippen LogP contribution in [0.15, 0.2) is 16.8 Å². The summed E-state index contributed by atoms with van der Waals surface area (Å²) in [5.41, 5.74) is 20.9. The molecule has 0 aromatic heterocycles. The van der Waals surface area contributed by atoms with Crippen LogP contribution in [0.3, 0.4) is 0 Å². The number of cyclic esters (lactones) is 2. The van der Waals surface area contributed by atoms with Crippen LogP contribution in [0.2, 0.25) is 0 Å². The molecule has 0 aromatic rings. The largest absolute Gasteiger partial charge is 0.481 e. The van der Waals surface area contributed by atoms with Crippen molar-refractivity contribution in [2.24, 2.45) is 117 Å². The van der Waals surface area contributed by atoms with Gasteiger partial charge in [-0.1, -0.05) is 428 Å². The minimum Gasteiger partial charge on any atom is -0.481 e. The fourth-order valence-electron chi connectivity index (χ4n) is 17.7. The maximum absolute atomic E-state index is 12.6. The van der Waals surface area contributed by atoms with Crippen LogP contribution >= 0.6 is 0 Å². The highest BCUT2D eigenvalue weighted by molar-refractivity contribution is 5.95. The number of nitrogens with two attached hydrogens (primary N) is 2. The molecule has 4 amide bonds. The number of rotatable bonds is 69. The normalized spacial score (nSPS) is 17.5. The lowest BCUT2D eigenvalue weighted by molar-refractivity contribution is -0.142. The second-order valence-electron chi connectivity index (χ2n) is 43.2. The molecular weight excluding hydrogens is 1720 g/mol. The summed E-state index contributed by atoms with van der Waals surface area (Å²) in [6.07, 6.45) is 60.0. The number of hydrogen-bond acceptors (Lipinski definition) is 13. The Morgan fingerprint density at radius 2 is 0.667 bits per heavy atom. The van der Waals surface area contributed by atoms with E-state index in [1.807, 2.05) is 41.5 Å². The molecule has 2 heterocycles. The first-order valence-corrected chi connectivity index (χ1v) is 57.8.